The van der Waals surface area contributed by atoms with Gasteiger partial charge in [0, 0.05) is 30.8 Å². The number of halogens is 2. The van der Waals surface area contributed by atoms with Gasteiger partial charge in [-0.3, -0.25) is 4.79 Å². The zero-order valence-corrected chi connectivity index (χ0v) is 14.1. The van der Waals surface area contributed by atoms with Crippen molar-refractivity contribution < 1.29 is 22.7 Å². The molecule has 2 aromatic carbocycles. The molecule has 4 nitrogen and oxygen atoms in total. The number of para-hydroxylation sites is 1. The molecular formula is C20H17F2NO3. The van der Waals surface area contributed by atoms with Crippen molar-refractivity contribution >= 4 is 5.91 Å². The molecule has 134 valence electrons. The van der Waals surface area contributed by atoms with Crippen LogP contribution in [0.25, 0.3) is 0 Å². The summed E-state index contributed by atoms with van der Waals surface area (Å²) in [6.45, 7) is 0.158. The summed E-state index contributed by atoms with van der Waals surface area (Å²) in [6.07, 6.45) is 1.41. The molecule has 1 heterocycles. The largest absolute Gasteiger partial charge is 0.489 e. The van der Waals surface area contributed by atoms with Crippen molar-refractivity contribution in [1.29, 1.82) is 0 Å². The summed E-state index contributed by atoms with van der Waals surface area (Å²) >= 11 is 0. The van der Waals surface area contributed by atoms with Gasteiger partial charge in [0.05, 0.1) is 6.26 Å². The zero-order valence-electron chi connectivity index (χ0n) is 14.1. The Balaban J connectivity index is 1.68. The molecule has 0 radical (unpaired) electrons. The van der Waals surface area contributed by atoms with Crippen LogP contribution >= 0.6 is 0 Å². The second-order valence-corrected chi connectivity index (χ2v) is 5.77. The molecule has 3 rings (SSSR count). The molecule has 0 aliphatic rings. The van der Waals surface area contributed by atoms with Crippen molar-refractivity contribution in [3.8, 4) is 5.75 Å². The van der Waals surface area contributed by atoms with Gasteiger partial charge in [-0.15, -0.1) is 0 Å². The maximum Gasteiger partial charge on any atom is 0.290 e. The SMILES string of the molecule is CN(Cc1ccc(F)cc1F)C(=O)c1occc1COc1ccccc1. The monoisotopic (exact) mass is 357 g/mol. The number of carbonyl (C=O) groups is 1. The average molecular weight is 357 g/mol. The number of nitrogens with zero attached hydrogens (tertiary/aromatic N) is 1. The Hall–Kier alpha value is -3.15. The molecule has 1 amide bonds. The van der Waals surface area contributed by atoms with Crippen LogP contribution in [0.3, 0.4) is 0 Å². The first kappa shape index (κ1) is 17.7. The van der Waals surface area contributed by atoms with Crippen molar-refractivity contribution in [1.82, 2.24) is 4.90 Å². The highest BCUT2D eigenvalue weighted by atomic mass is 19.1. The lowest BCUT2D eigenvalue weighted by molar-refractivity contribution is 0.0748. The topological polar surface area (TPSA) is 42.7 Å². The molecule has 0 fully saturated rings. The number of hydrogen-bond acceptors (Lipinski definition) is 3. The number of amides is 1. The number of hydrogen-bond donors (Lipinski definition) is 0. The van der Waals surface area contributed by atoms with Crippen LogP contribution < -0.4 is 4.74 Å². The van der Waals surface area contributed by atoms with E-state index in [2.05, 4.69) is 0 Å². The van der Waals surface area contributed by atoms with Crippen molar-refractivity contribution in [3.05, 3.63) is 89.4 Å². The lowest BCUT2D eigenvalue weighted by Gasteiger charge is -2.17. The van der Waals surface area contributed by atoms with Crippen LogP contribution in [0.1, 0.15) is 21.7 Å². The summed E-state index contributed by atoms with van der Waals surface area (Å²) in [4.78, 5) is 13.9. The first-order chi connectivity index (χ1) is 12.5. The minimum atomic E-state index is -0.697. The molecule has 0 aliphatic heterocycles. The Bertz CT molecular complexity index is 893. The van der Waals surface area contributed by atoms with Gasteiger partial charge < -0.3 is 14.1 Å². The Morgan fingerprint density at radius 1 is 1.08 bits per heavy atom. The Labute approximate surface area is 149 Å². The van der Waals surface area contributed by atoms with Gasteiger partial charge in [0.1, 0.15) is 24.0 Å². The second-order valence-electron chi connectivity index (χ2n) is 5.77. The smallest absolute Gasteiger partial charge is 0.290 e. The molecule has 0 unspecified atom stereocenters. The summed E-state index contributed by atoms with van der Waals surface area (Å²) in [6, 6.07) is 14.1. The van der Waals surface area contributed by atoms with E-state index < -0.39 is 17.5 Å². The van der Waals surface area contributed by atoms with Crippen molar-refractivity contribution in [2.24, 2.45) is 0 Å². The van der Waals surface area contributed by atoms with E-state index in [1.807, 2.05) is 30.3 Å². The predicted octanol–water partition coefficient (Wildman–Crippen LogP) is 4.41. The molecule has 0 saturated carbocycles. The quantitative estimate of drug-likeness (QED) is 0.656. The maximum atomic E-state index is 13.8. The van der Waals surface area contributed by atoms with Crippen LogP contribution in [0.5, 0.6) is 5.75 Å². The highest BCUT2D eigenvalue weighted by Gasteiger charge is 2.21. The van der Waals surface area contributed by atoms with Gasteiger partial charge in [-0.1, -0.05) is 24.3 Å². The number of rotatable bonds is 6. The van der Waals surface area contributed by atoms with Gasteiger partial charge >= 0.3 is 0 Å². The van der Waals surface area contributed by atoms with E-state index in [-0.39, 0.29) is 24.5 Å². The van der Waals surface area contributed by atoms with Crippen LogP contribution in [0, 0.1) is 11.6 Å². The molecule has 0 saturated heterocycles. The summed E-state index contributed by atoms with van der Waals surface area (Å²) in [5.41, 5.74) is 0.807. The first-order valence-corrected chi connectivity index (χ1v) is 7.98. The third-order valence-corrected chi connectivity index (χ3v) is 3.85. The Kier molecular flexibility index (Phi) is 5.31. The molecule has 0 aliphatic carbocycles. The van der Waals surface area contributed by atoms with Crippen molar-refractivity contribution in [3.63, 3.8) is 0 Å². The van der Waals surface area contributed by atoms with Gasteiger partial charge in [0.25, 0.3) is 5.91 Å². The first-order valence-electron chi connectivity index (χ1n) is 7.98. The van der Waals surface area contributed by atoms with E-state index in [1.165, 1.54) is 24.3 Å². The van der Waals surface area contributed by atoms with E-state index in [4.69, 9.17) is 9.15 Å². The number of furan rings is 1. The fourth-order valence-corrected chi connectivity index (χ4v) is 2.47. The van der Waals surface area contributed by atoms with Crippen LogP contribution in [0.2, 0.25) is 0 Å². The minimum Gasteiger partial charge on any atom is -0.489 e. The highest BCUT2D eigenvalue weighted by molar-refractivity contribution is 5.92. The predicted molar refractivity (Wildman–Crippen MR) is 91.6 cm³/mol. The van der Waals surface area contributed by atoms with Crippen LogP contribution in [-0.4, -0.2) is 17.9 Å². The fourth-order valence-electron chi connectivity index (χ4n) is 2.47. The zero-order chi connectivity index (χ0) is 18.5. The molecule has 26 heavy (non-hydrogen) atoms. The van der Waals surface area contributed by atoms with E-state index in [1.54, 1.807) is 6.07 Å². The number of ether oxygens (including phenoxy) is 1. The van der Waals surface area contributed by atoms with Crippen LogP contribution in [0.15, 0.2) is 65.3 Å². The van der Waals surface area contributed by atoms with Gasteiger partial charge in [-0.25, -0.2) is 8.78 Å². The molecule has 6 heteroatoms. The summed E-state index contributed by atoms with van der Waals surface area (Å²) in [5.74, 6) is -0.964. The molecule has 0 bridgehead atoms. The summed E-state index contributed by atoms with van der Waals surface area (Å²) in [7, 11) is 1.52. The summed E-state index contributed by atoms with van der Waals surface area (Å²) < 4.78 is 37.7. The lowest BCUT2D eigenvalue weighted by Crippen LogP contribution is -2.27. The molecule has 0 atom stereocenters. The second kappa shape index (κ2) is 7.82. The fraction of sp³-hybridized carbons (Fsp3) is 0.150. The third kappa shape index (κ3) is 4.08. The maximum absolute atomic E-state index is 13.8. The highest BCUT2D eigenvalue weighted by Crippen LogP contribution is 2.19. The molecule has 0 N–H and O–H groups in total. The molecule has 1 aromatic heterocycles. The van der Waals surface area contributed by atoms with E-state index in [9.17, 15) is 13.6 Å². The molecule has 0 spiro atoms. The molecular weight excluding hydrogens is 340 g/mol. The van der Waals surface area contributed by atoms with E-state index >= 15 is 0 Å². The lowest BCUT2D eigenvalue weighted by atomic mass is 10.2. The van der Waals surface area contributed by atoms with Crippen LogP contribution in [-0.2, 0) is 13.2 Å². The molecule has 3 aromatic rings. The average Bonchev–Trinajstić information content (AvgIpc) is 3.11. The normalized spacial score (nSPS) is 10.6. The van der Waals surface area contributed by atoms with Crippen LogP contribution in [0.4, 0.5) is 8.78 Å². The number of benzene rings is 2. The Morgan fingerprint density at radius 3 is 2.58 bits per heavy atom. The standard InChI is InChI=1S/C20H17F2NO3/c1-23(12-14-7-8-16(21)11-18(14)22)20(24)19-15(9-10-25-19)13-26-17-5-3-2-4-6-17/h2-11H,12-13H2,1H3. The van der Waals surface area contributed by atoms with E-state index in [0.29, 0.717) is 11.3 Å². The van der Waals surface area contributed by atoms with Gasteiger partial charge in [0.15, 0.2) is 5.76 Å². The third-order valence-electron chi connectivity index (χ3n) is 3.85. The number of carbonyl (C=O) groups excluding carboxylic acids is 1. The van der Waals surface area contributed by atoms with Gasteiger partial charge in [0.2, 0.25) is 0 Å². The van der Waals surface area contributed by atoms with Crippen molar-refractivity contribution in [2.75, 3.05) is 7.05 Å². The minimum absolute atomic E-state index is 0.00930. The Morgan fingerprint density at radius 2 is 1.85 bits per heavy atom. The van der Waals surface area contributed by atoms with Gasteiger partial charge in [-0.2, -0.15) is 0 Å². The van der Waals surface area contributed by atoms with Gasteiger partial charge in [-0.05, 0) is 24.3 Å². The van der Waals surface area contributed by atoms with E-state index in [0.717, 1.165) is 12.1 Å². The summed E-state index contributed by atoms with van der Waals surface area (Å²) in [5, 5.41) is 0. The van der Waals surface area contributed by atoms with Crippen molar-refractivity contribution in [2.45, 2.75) is 13.2 Å².